The van der Waals surface area contributed by atoms with Crippen LogP contribution in [0.2, 0.25) is 0 Å². The number of rotatable bonds is 5. The number of nitrogens with one attached hydrogen (secondary N) is 1. The Hall–Kier alpha value is -2.15. The number of hydrogen-bond donors (Lipinski definition) is 1. The van der Waals surface area contributed by atoms with Crippen molar-refractivity contribution in [3.63, 3.8) is 0 Å². The number of H-pyrrole nitrogens is 1. The van der Waals surface area contributed by atoms with E-state index in [1.165, 1.54) is 11.8 Å². The minimum absolute atomic E-state index is 0.104. The molecule has 0 fully saturated rings. The summed E-state index contributed by atoms with van der Waals surface area (Å²) < 4.78 is 1.87. The number of hydrogen-bond acceptors (Lipinski definition) is 5. The third-order valence-corrected chi connectivity index (χ3v) is 3.83. The first-order valence-electron chi connectivity index (χ1n) is 6.76. The van der Waals surface area contributed by atoms with E-state index in [1.54, 1.807) is 12.3 Å². The maximum atomic E-state index is 11.6. The van der Waals surface area contributed by atoms with Crippen molar-refractivity contribution in [3.05, 3.63) is 52.5 Å². The van der Waals surface area contributed by atoms with E-state index in [-0.39, 0.29) is 5.56 Å². The summed E-state index contributed by atoms with van der Waals surface area (Å²) in [6.45, 7) is 2.07. The molecule has 0 unspecified atom stereocenters. The highest BCUT2D eigenvalue weighted by Crippen LogP contribution is 2.18. The molecule has 6 nitrogen and oxygen atoms in total. The lowest BCUT2D eigenvalue weighted by Gasteiger charge is -2.01. The molecule has 3 rings (SSSR count). The quantitative estimate of drug-likeness (QED) is 0.576. The van der Waals surface area contributed by atoms with Crippen molar-refractivity contribution in [2.75, 3.05) is 0 Å². The molecule has 21 heavy (non-hydrogen) atoms. The van der Waals surface area contributed by atoms with Gasteiger partial charge in [-0.1, -0.05) is 25.1 Å². The Morgan fingerprint density at radius 2 is 2.24 bits per heavy atom. The summed E-state index contributed by atoms with van der Waals surface area (Å²) in [4.78, 5) is 27.4. The Kier molecular flexibility index (Phi) is 4.01. The van der Waals surface area contributed by atoms with Crippen LogP contribution in [0.4, 0.5) is 0 Å². The maximum absolute atomic E-state index is 11.6. The number of nitrogens with zero attached hydrogens (tertiary/aromatic N) is 4. The molecular weight excluding hydrogens is 286 g/mol. The van der Waals surface area contributed by atoms with Gasteiger partial charge in [0, 0.05) is 36.1 Å². The summed E-state index contributed by atoms with van der Waals surface area (Å²) in [6.07, 6.45) is 7.34. The first-order chi connectivity index (χ1) is 10.2. The van der Waals surface area contributed by atoms with Crippen LogP contribution in [-0.4, -0.2) is 24.3 Å². The Balaban J connectivity index is 1.76. The molecule has 0 aliphatic rings. The number of fused-ring (bicyclic) bond motifs is 1. The van der Waals surface area contributed by atoms with E-state index in [0.717, 1.165) is 24.2 Å². The smallest absolute Gasteiger partial charge is 0.251 e. The van der Waals surface area contributed by atoms with Crippen LogP contribution in [0.25, 0.3) is 5.78 Å². The lowest BCUT2D eigenvalue weighted by atomic mass is 10.2. The Morgan fingerprint density at radius 3 is 3.05 bits per heavy atom. The predicted octanol–water partition coefficient (Wildman–Crippen LogP) is 2.06. The maximum Gasteiger partial charge on any atom is 0.251 e. The summed E-state index contributed by atoms with van der Waals surface area (Å²) in [5, 5.41) is 0.635. The molecule has 108 valence electrons. The van der Waals surface area contributed by atoms with Crippen LogP contribution in [0.1, 0.15) is 24.7 Å². The fraction of sp³-hybridized carbons (Fsp3) is 0.286. The third kappa shape index (κ3) is 3.30. The van der Waals surface area contributed by atoms with Gasteiger partial charge >= 0.3 is 0 Å². The van der Waals surface area contributed by atoms with Crippen LogP contribution in [-0.2, 0) is 12.2 Å². The fourth-order valence-corrected chi connectivity index (χ4v) is 2.81. The Bertz CT molecular complexity index is 777. The van der Waals surface area contributed by atoms with E-state index >= 15 is 0 Å². The molecule has 1 N–H and O–H groups in total. The van der Waals surface area contributed by atoms with E-state index in [9.17, 15) is 4.79 Å². The van der Waals surface area contributed by atoms with Crippen molar-refractivity contribution in [1.29, 1.82) is 0 Å². The molecule has 0 amide bonds. The van der Waals surface area contributed by atoms with E-state index < -0.39 is 0 Å². The van der Waals surface area contributed by atoms with Crippen molar-refractivity contribution >= 4 is 17.5 Å². The second kappa shape index (κ2) is 6.09. The molecule has 0 aromatic carbocycles. The highest BCUT2D eigenvalue weighted by molar-refractivity contribution is 7.98. The Morgan fingerprint density at radius 1 is 1.33 bits per heavy atom. The van der Waals surface area contributed by atoms with Gasteiger partial charge in [0.05, 0.1) is 5.69 Å². The predicted molar refractivity (Wildman–Crippen MR) is 81.4 cm³/mol. The van der Waals surface area contributed by atoms with Crippen molar-refractivity contribution in [2.45, 2.75) is 30.7 Å². The van der Waals surface area contributed by atoms with Crippen molar-refractivity contribution < 1.29 is 0 Å². The van der Waals surface area contributed by atoms with Crippen LogP contribution in [0.5, 0.6) is 0 Å². The van der Waals surface area contributed by atoms with Gasteiger partial charge in [0.2, 0.25) is 5.78 Å². The molecule has 0 aliphatic carbocycles. The number of imidazole rings is 1. The molecule has 3 aromatic heterocycles. The minimum Gasteiger partial charge on any atom is -0.301 e. The second-order valence-corrected chi connectivity index (χ2v) is 5.60. The highest BCUT2D eigenvalue weighted by atomic mass is 32.2. The summed E-state index contributed by atoms with van der Waals surface area (Å²) in [5.74, 6) is 1.32. The lowest BCUT2D eigenvalue weighted by molar-refractivity contribution is 0.815. The van der Waals surface area contributed by atoms with Gasteiger partial charge in [0.15, 0.2) is 5.16 Å². The zero-order valence-corrected chi connectivity index (χ0v) is 12.4. The van der Waals surface area contributed by atoms with Gasteiger partial charge in [0.25, 0.3) is 5.56 Å². The average Bonchev–Trinajstić information content (AvgIpc) is 2.88. The molecule has 3 heterocycles. The topological polar surface area (TPSA) is 75.9 Å². The Labute approximate surface area is 125 Å². The summed E-state index contributed by atoms with van der Waals surface area (Å²) >= 11 is 1.47. The van der Waals surface area contributed by atoms with Gasteiger partial charge in [-0.05, 0) is 12.5 Å². The van der Waals surface area contributed by atoms with E-state index in [4.69, 9.17) is 0 Å². The van der Waals surface area contributed by atoms with Crippen LogP contribution < -0.4 is 5.56 Å². The standard InChI is InChI=1S/C14H15N5OS/c1-2-4-10-7-12(20)18-14(17-10)21-9-11-8-19-6-3-5-15-13(19)16-11/h3,5-8H,2,4,9H2,1H3,(H,17,18,20). The third-order valence-electron chi connectivity index (χ3n) is 2.92. The zero-order valence-electron chi connectivity index (χ0n) is 11.6. The number of aromatic nitrogens is 5. The lowest BCUT2D eigenvalue weighted by Crippen LogP contribution is -2.09. The zero-order chi connectivity index (χ0) is 14.7. The number of aryl methyl sites for hydroxylation is 1. The fourth-order valence-electron chi connectivity index (χ4n) is 2.03. The van der Waals surface area contributed by atoms with E-state index in [1.807, 2.05) is 22.9 Å². The van der Waals surface area contributed by atoms with Crippen LogP contribution in [0.3, 0.4) is 0 Å². The molecule has 0 saturated heterocycles. The molecular formula is C14H15N5OS. The van der Waals surface area contributed by atoms with E-state index in [2.05, 4.69) is 26.9 Å². The minimum atomic E-state index is -0.104. The van der Waals surface area contributed by atoms with Gasteiger partial charge in [-0.3, -0.25) is 9.20 Å². The molecule has 0 atom stereocenters. The van der Waals surface area contributed by atoms with Gasteiger partial charge in [0.1, 0.15) is 0 Å². The molecule has 0 spiro atoms. The largest absolute Gasteiger partial charge is 0.301 e. The molecule has 0 aliphatic heterocycles. The molecule has 0 saturated carbocycles. The van der Waals surface area contributed by atoms with E-state index in [0.29, 0.717) is 16.7 Å². The molecule has 0 bridgehead atoms. The van der Waals surface area contributed by atoms with Crippen molar-refractivity contribution in [1.82, 2.24) is 24.3 Å². The van der Waals surface area contributed by atoms with Gasteiger partial charge in [-0.2, -0.15) is 0 Å². The van der Waals surface area contributed by atoms with Gasteiger partial charge in [-0.25, -0.2) is 15.0 Å². The van der Waals surface area contributed by atoms with Crippen molar-refractivity contribution in [2.24, 2.45) is 0 Å². The van der Waals surface area contributed by atoms with Crippen molar-refractivity contribution in [3.8, 4) is 0 Å². The summed E-state index contributed by atoms with van der Waals surface area (Å²) in [6, 6.07) is 3.42. The van der Waals surface area contributed by atoms with Gasteiger partial charge < -0.3 is 4.98 Å². The normalized spacial score (nSPS) is 11.1. The number of aromatic amines is 1. The summed E-state index contributed by atoms with van der Waals surface area (Å²) in [5.41, 5.74) is 1.63. The first kappa shape index (κ1) is 13.8. The van der Waals surface area contributed by atoms with Crippen LogP contribution >= 0.6 is 11.8 Å². The SMILES string of the molecule is CCCc1cc(=O)[nH]c(SCc2cn3cccnc3n2)n1. The number of thioether (sulfide) groups is 1. The second-order valence-electron chi connectivity index (χ2n) is 4.64. The molecule has 3 aromatic rings. The highest BCUT2D eigenvalue weighted by Gasteiger charge is 2.06. The van der Waals surface area contributed by atoms with Crippen LogP contribution in [0.15, 0.2) is 40.7 Å². The monoisotopic (exact) mass is 301 g/mol. The summed E-state index contributed by atoms with van der Waals surface area (Å²) in [7, 11) is 0. The molecule has 7 heteroatoms. The molecule has 0 radical (unpaired) electrons. The first-order valence-corrected chi connectivity index (χ1v) is 7.75. The van der Waals surface area contributed by atoms with Crippen LogP contribution in [0, 0.1) is 0 Å². The average molecular weight is 301 g/mol. The van der Waals surface area contributed by atoms with Gasteiger partial charge in [-0.15, -0.1) is 0 Å².